The van der Waals surface area contributed by atoms with E-state index in [1.165, 1.54) is 11.3 Å². The first-order valence-electron chi connectivity index (χ1n) is 16.9. The topological polar surface area (TPSA) is 174 Å². The molecule has 2 aliphatic heterocycles. The molecule has 3 unspecified atom stereocenters. The monoisotopic (exact) mass is 705 g/mol. The third-order valence-electron chi connectivity index (χ3n) is 8.57. The first-order chi connectivity index (χ1) is 22.7. The van der Waals surface area contributed by atoms with E-state index in [2.05, 4.69) is 34.7 Å². The lowest BCUT2D eigenvalue weighted by Gasteiger charge is -2.36. The van der Waals surface area contributed by atoms with Crippen LogP contribution in [-0.4, -0.2) is 103 Å². The molecule has 13 nitrogen and oxygen atoms in total. The van der Waals surface area contributed by atoms with Gasteiger partial charge in [-0.05, 0) is 48.8 Å². The zero-order chi connectivity index (χ0) is 35.6. The number of hydrogen-bond acceptors (Lipinski definition) is 7. The molecule has 2 saturated heterocycles. The van der Waals surface area contributed by atoms with Crippen LogP contribution in [0.2, 0.25) is 5.02 Å². The van der Waals surface area contributed by atoms with E-state index < -0.39 is 53.1 Å². The van der Waals surface area contributed by atoms with Gasteiger partial charge in [-0.1, -0.05) is 79.0 Å². The smallest absolute Gasteiger partial charge is 0.315 e. The zero-order valence-electron chi connectivity index (χ0n) is 28.9. The Bertz CT molecular complexity index is 1320. The van der Waals surface area contributed by atoms with Crippen LogP contribution in [0.1, 0.15) is 80.6 Å². The zero-order valence-corrected chi connectivity index (χ0v) is 29.6. The van der Waals surface area contributed by atoms with Crippen molar-refractivity contribution in [3.8, 4) is 0 Å². The van der Waals surface area contributed by atoms with Gasteiger partial charge in [-0.3, -0.25) is 24.0 Å². The number of carbonyl (C=O) groups excluding carboxylic acids is 6. The summed E-state index contributed by atoms with van der Waals surface area (Å²) in [6, 6.07) is 3.97. The largest absolute Gasteiger partial charge is 0.368 e. The molecule has 14 heteroatoms. The van der Waals surface area contributed by atoms with Gasteiger partial charge in [0.15, 0.2) is 0 Å². The highest BCUT2D eigenvalue weighted by Gasteiger charge is 2.43. The minimum atomic E-state index is -1.11. The number of halogens is 1. The average molecular weight is 706 g/mol. The average Bonchev–Trinajstić information content (AvgIpc) is 3.72. The van der Waals surface area contributed by atoms with E-state index in [0.29, 0.717) is 57.0 Å². The van der Waals surface area contributed by atoms with E-state index in [9.17, 15) is 28.8 Å². The number of hydrogen-bond donors (Lipinski definition) is 4. The van der Waals surface area contributed by atoms with Crippen LogP contribution in [0.4, 0.5) is 10.5 Å². The predicted octanol–water partition coefficient (Wildman–Crippen LogP) is 3.09. The number of likely N-dealkylation sites (tertiary alicyclic amines) is 1. The van der Waals surface area contributed by atoms with Gasteiger partial charge in [-0.25, -0.2) is 4.79 Å². The Morgan fingerprint density at radius 2 is 1.59 bits per heavy atom. The number of benzene rings is 1. The van der Waals surface area contributed by atoms with Crippen LogP contribution in [0.3, 0.4) is 0 Å². The number of rotatable bonds is 11. The van der Waals surface area contributed by atoms with Gasteiger partial charge in [0.05, 0.1) is 12.6 Å². The highest BCUT2D eigenvalue weighted by atomic mass is 35.5. The van der Waals surface area contributed by atoms with Crippen LogP contribution in [0.15, 0.2) is 24.3 Å². The molecule has 49 heavy (non-hydrogen) atoms. The van der Waals surface area contributed by atoms with E-state index in [1.54, 1.807) is 25.7 Å². The van der Waals surface area contributed by atoms with Crippen LogP contribution in [-0.2, 0) is 24.0 Å². The molecule has 2 heterocycles. The molecule has 0 spiro atoms. The number of urea groups is 1. The maximum Gasteiger partial charge on any atom is 0.315 e. The van der Waals surface area contributed by atoms with Gasteiger partial charge in [0.2, 0.25) is 23.5 Å². The third-order valence-corrected chi connectivity index (χ3v) is 8.81. The van der Waals surface area contributed by atoms with Crippen LogP contribution in [0, 0.1) is 11.3 Å². The Kier molecular flexibility index (Phi) is 15.8. The van der Waals surface area contributed by atoms with Crippen LogP contribution < -0.4 is 26.6 Å². The van der Waals surface area contributed by atoms with Crippen molar-refractivity contribution in [3.63, 3.8) is 0 Å². The molecule has 0 aromatic heterocycles. The lowest BCUT2D eigenvalue weighted by atomic mass is 9.85. The molecule has 0 radical (unpaired) electrons. The number of carbonyl (C=O) groups is 6. The Labute approximate surface area is 296 Å². The van der Waals surface area contributed by atoms with Crippen molar-refractivity contribution in [2.75, 3.05) is 44.2 Å². The van der Waals surface area contributed by atoms with E-state index >= 15 is 0 Å². The Morgan fingerprint density at radius 1 is 0.959 bits per heavy atom. The van der Waals surface area contributed by atoms with Crippen molar-refractivity contribution in [3.05, 3.63) is 29.3 Å². The number of ketones is 1. The molecule has 4 rings (SSSR count). The van der Waals surface area contributed by atoms with E-state index in [1.807, 2.05) is 24.3 Å². The fourth-order valence-corrected chi connectivity index (χ4v) is 6.00. The number of amides is 6. The summed E-state index contributed by atoms with van der Waals surface area (Å²) in [5.74, 6) is -2.93. The second-order valence-electron chi connectivity index (χ2n) is 13.8. The SMILES string of the molecule is C.CC(C)(C)C(NC(=O)NCC(=O)N1CCN(c2cccc(Cl)c2)CC1)C(=O)N1CCCC1C(=O)NC(CC1CC1)C(=O)C(N)=O.CCC. The van der Waals surface area contributed by atoms with E-state index in [4.69, 9.17) is 17.3 Å². The maximum atomic E-state index is 13.8. The highest BCUT2D eigenvalue weighted by Crippen LogP contribution is 2.34. The number of piperazine rings is 1. The number of nitrogens with two attached hydrogens (primary N) is 1. The lowest BCUT2D eigenvalue weighted by Crippen LogP contribution is -2.60. The van der Waals surface area contributed by atoms with Crippen LogP contribution in [0.5, 0.6) is 0 Å². The second-order valence-corrected chi connectivity index (χ2v) is 14.3. The van der Waals surface area contributed by atoms with Gasteiger partial charge < -0.3 is 36.4 Å². The number of nitrogens with one attached hydrogen (secondary N) is 3. The molecule has 6 amide bonds. The predicted molar refractivity (Wildman–Crippen MR) is 191 cm³/mol. The van der Waals surface area contributed by atoms with Gasteiger partial charge in [0.1, 0.15) is 12.1 Å². The molecule has 3 fully saturated rings. The Morgan fingerprint density at radius 3 is 2.14 bits per heavy atom. The van der Waals surface area contributed by atoms with Gasteiger partial charge in [-0.2, -0.15) is 0 Å². The Balaban J connectivity index is 0.00000201. The molecular weight excluding hydrogens is 650 g/mol. The number of nitrogens with zero attached hydrogens (tertiary/aromatic N) is 3. The summed E-state index contributed by atoms with van der Waals surface area (Å²) in [6.07, 6.45) is 4.35. The van der Waals surface area contributed by atoms with Crippen molar-refractivity contribution < 1.29 is 28.8 Å². The molecule has 1 saturated carbocycles. The molecule has 3 atom stereocenters. The minimum Gasteiger partial charge on any atom is -0.368 e. The van der Waals surface area contributed by atoms with E-state index in [-0.39, 0.29) is 25.8 Å². The first kappa shape index (κ1) is 41.3. The van der Waals surface area contributed by atoms with Crippen molar-refractivity contribution >= 4 is 52.7 Å². The van der Waals surface area contributed by atoms with Gasteiger partial charge in [0, 0.05) is 43.4 Å². The van der Waals surface area contributed by atoms with Crippen LogP contribution >= 0.6 is 11.6 Å². The number of primary amides is 1. The maximum absolute atomic E-state index is 13.8. The van der Waals surface area contributed by atoms with Crippen molar-refractivity contribution in [2.24, 2.45) is 17.1 Å². The molecule has 0 bridgehead atoms. The first-order valence-corrected chi connectivity index (χ1v) is 17.3. The summed E-state index contributed by atoms with van der Waals surface area (Å²) in [7, 11) is 0. The molecule has 274 valence electrons. The standard InChI is InChI=1S/C31H44ClN7O6.C3H8.CH4/c1-31(2,3)26(29(44)39-11-5-8-23(39)28(43)35-22(16-19-9-10-19)25(41)27(33)42)36-30(45)34-18-24(40)38-14-12-37(13-15-38)21-7-4-6-20(32)17-21;1-3-2;/h4,6-7,17,19,22-23,26H,5,8-16,18H2,1-3H3,(H2,33,42)(H,35,43)(H2,34,36,45);3H2,1-2H3;1H4. The third kappa shape index (κ3) is 12.2. The van der Waals surface area contributed by atoms with Crippen molar-refractivity contribution in [1.29, 1.82) is 0 Å². The Hall–Kier alpha value is -3.87. The summed E-state index contributed by atoms with van der Waals surface area (Å²) in [5, 5.41) is 8.60. The quantitative estimate of drug-likeness (QED) is 0.256. The summed E-state index contributed by atoms with van der Waals surface area (Å²) in [4.78, 5) is 82.0. The van der Waals surface area contributed by atoms with E-state index in [0.717, 1.165) is 18.5 Å². The summed E-state index contributed by atoms with van der Waals surface area (Å²) >= 11 is 6.11. The second kappa shape index (κ2) is 18.8. The molecular formula is C35H56ClN7O6. The fraction of sp³-hybridized carbons (Fsp3) is 0.657. The number of Topliss-reactive ketones (excluding diaryl/α,β-unsaturated/α-hetero) is 1. The van der Waals surface area contributed by atoms with Crippen molar-refractivity contribution in [2.45, 2.75) is 98.7 Å². The van der Waals surface area contributed by atoms with Crippen LogP contribution in [0.25, 0.3) is 0 Å². The summed E-state index contributed by atoms with van der Waals surface area (Å²) in [5.41, 5.74) is 5.47. The molecule has 1 aromatic rings. The van der Waals surface area contributed by atoms with Gasteiger partial charge >= 0.3 is 6.03 Å². The highest BCUT2D eigenvalue weighted by molar-refractivity contribution is 6.37. The normalized spacial score (nSPS) is 18.6. The molecule has 5 N–H and O–H groups in total. The molecule has 1 aromatic carbocycles. The molecule has 3 aliphatic rings. The minimum absolute atomic E-state index is 0. The lowest BCUT2D eigenvalue weighted by molar-refractivity contribution is -0.143. The van der Waals surface area contributed by atoms with Gasteiger partial charge in [0.25, 0.3) is 5.91 Å². The number of anilines is 1. The van der Waals surface area contributed by atoms with Gasteiger partial charge in [-0.15, -0.1) is 0 Å². The fourth-order valence-electron chi connectivity index (χ4n) is 5.81. The summed E-state index contributed by atoms with van der Waals surface area (Å²) < 4.78 is 0. The summed E-state index contributed by atoms with van der Waals surface area (Å²) in [6.45, 7) is 11.9. The van der Waals surface area contributed by atoms with Crippen molar-refractivity contribution in [1.82, 2.24) is 25.8 Å². The molecule has 1 aliphatic carbocycles.